The molecule has 1 atom stereocenters. The number of ether oxygens (including phenoxy) is 2. The van der Waals surface area contributed by atoms with Gasteiger partial charge in [-0.1, -0.05) is 0 Å². The Labute approximate surface area is 102 Å². The van der Waals surface area contributed by atoms with Crippen LogP contribution in [0.2, 0.25) is 0 Å². The van der Waals surface area contributed by atoms with Crippen LogP contribution in [0.3, 0.4) is 0 Å². The van der Waals surface area contributed by atoms with E-state index < -0.39 is 23.5 Å². The molecule has 0 aliphatic rings. The zero-order chi connectivity index (χ0) is 13.5. The molecule has 100 valence electrons. The first-order valence-corrected chi connectivity index (χ1v) is 5.68. The second-order valence-electron chi connectivity index (χ2n) is 4.14. The van der Waals surface area contributed by atoms with Gasteiger partial charge in [0.25, 0.3) is 0 Å². The highest BCUT2D eigenvalue weighted by Crippen LogP contribution is 2.06. The first-order chi connectivity index (χ1) is 7.84. The lowest BCUT2D eigenvalue weighted by atomic mass is 10.1. The van der Waals surface area contributed by atoms with Crippen molar-refractivity contribution in [3.05, 3.63) is 0 Å². The Bertz CT molecular complexity index is 266. The lowest BCUT2D eigenvalue weighted by Gasteiger charge is -2.25. The molecule has 6 nitrogen and oxygen atoms in total. The predicted molar refractivity (Wildman–Crippen MR) is 63.3 cm³/mol. The van der Waals surface area contributed by atoms with E-state index in [2.05, 4.69) is 10.1 Å². The Balaban J connectivity index is 4.13. The van der Waals surface area contributed by atoms with Gasteiger partial charge in [-0.15, -0.1) is 0 Å². The lowest BCUT2D eigenvalue weighted by Crippen LogP contribution is -2.50. The average molecular weight is 246 g/mol. The van der Waals surface area contributed by atoms with Crippen LogP contribution in [0.4, 0.5) is 0 Å². The highest BCUT2D eigenvalue weighted by atomic mass is 16.5. The minimum atomic E-state index is -1.28. The van der Waals surface area contributed by atoms with Crippen molar-refractivity contribution in [2.75, 3.05) is 19.8 Å². The first-order valence-electron chi connectivity index (χ1n) is 5.68. The summed E-state index contributed by atoms with van der Waals surface area (Å²) in [6.07, 6.45) is 0. The summed E-state index contributed by atoms with van der Waals surface area (Å²) in [6, 6.07) is -1.28. The van der Waals surface area contributed by atoms with Crippen LogP contribution in [0.5, 0.6) is 0 Å². The van der Waals surface area contributed by atoms with E-state index in [0.29, 0.717) is 6.61 Å². The standard InChI is InChI=1S/C11H22N2O4/c1-5-16-10(15)8(12)9(14)13-7-11(3,4)17-6-2/h8H,5-7,12H2,1-4H3,(H,13,14). The maximum Gasteiger partial charge on any atom is 0.332 e. The van der Waals surface area contributed by atoms with Gasteiger partial charge in [-0.2, -0.15) is 0 Å². The molecule has 3 N–H and O–H groups in total. The molecule has 0 aromatic heterocycles. The summed E-state index contributed by atoms with van der Waals surface area (Å²) in [5, 5.41) is 2.56. The fourth-order valence-corrected chi connectivity index (χ4v) is 1.19. The van der Waals surface area contributed by atoms with Crippen molar-refractivity contribution in [1.29, 1.82) is 0 Å². The molecule has 0 aliphatic heterocycles. The minimum absolute atomic E-state index is 0.199. The Hall–Kier alpha value is -1.14. The zero-order valence-electron chi connectivity index (χ0n) is 10.9. The Morgan fingerprint density at radius 1 is 1.29 bits per heavy atom. The van der Waals surface area contributed by atoms with Crippen molar-refractivity contribution in [3.63, 3.8) is 0 Å². The molecular formula is C11H22N2O4. The number of carbonyl (C=O) groups is 2. The number of nitrogens with two attached hydrogens (primary N) is 1. The Morgan fingerprint density at radius 2 is 1.88 bits per heavy atom. The van der Waals surface area contributed by atoms with Gasteiger partial charge in [-0.05, 0) is 27.7 Å². The van der Waals surface area contributed by atoms with Crippen LogP contribution < -0.4 is 11.1 Å². The molecule has 0 fully saturated rings. The van der Waals surface area contributed by atoms with Gasteiger partial charge >= 0.3 is 5.97 Å². The second-order valence-corrected chi connectivity index (χ2v) is 4.14. The molecule has 0 saturated heterocycles. The number of nitrogens with one attached hydrogen (secondary N) is 1. The highest BCUT2D eigenvalue weighted by Gasteiger charge is 2.25. The molecule has 0 aromatic carbocycles. The van der Waals surface area contributed by atoms with E-state index in [1.54, 1.807) is 6.92 Å². The molecule has 0 bridgehead atoms. The molecule has 0 radical (unpaired) electrons. The molecular weight excluding hydrogens is 224 g/mol. The molecule has 0 spiro atoms. The van der Waals surface area contributed by atoms with Crippen LogP contribution in [0, 0.1) is 0 Å². The van der Waals surface area contributed by atoms with Gasteiger partial charge in [0.2, 0.25) is 5.91 Å². The first kappa shape index (κ1) is 15.9. The number of hydrogen-bond acceptors (Lipinski definition) is 5. The van der Waals surface area contributed by atoms with Crippen molar-refractivity contribution < 1.29 is 19.1 Å². The third-order valence-electron chi connectivity index (χ3n) is 2.05. The normalized spacial score (nSPS) is 13.0. The molecule has 17 heavy (non-hydrogen) atoms. The van der Waals surface area contributed by atoms with Gasteiger partial charge in [0.1, 0.15) is 0 Å². The van der Waals surface area contributed by atoms with Crippen molar-refractivity contribution in [2.45, 2.75) is 39.3 Å². The van der Waals surface area contributed by atoms with E-state index in [1.807, 2.05) is 20.8 Å². The van der Waals surface area contributed by atoms with Gasteiger partial charge in [0, 0.05) is 13.2 Å². The summed E-state index contributed by atoms with van der Waals surface area (Å²) in [7, 11) is 0. The summed E-state index contributed by atoms with van der Waals surface area (Å²) in [5.74, 6) is -1.28. The molecule has 0 rings (SSSR count). The van der Waals surface area contributed by atoms with Crippen LogP contribution >= 0.6 is 0 Å². The Kier molecular flexibility index (Phi) is 6.75. The SMILES string of the molecule is CCOC(=O)C(N)C(=O)NCC(C)(C)OCC. The van der Waals surface area contributed by atoms with Crippen LogP contribution in [0.1, 0.15) is 27.7 Å². The quantitative estimate of drug-likeness (QED) is 0.480. The van der Waals surface area contributed by atoms with E-state index in [1.165, 1.54) is 0 Å². The summed E-state index contributed by atoms with van der Waals surface area (Å²) < 4.78 is 10.0. The van der Waals surface area contributed by atoms with Crippen LogP contribution in [-0.4, -0.2) is 43.3 Å². The topological polar surface area (TPSA) is 90.7 Å². The summed E-state index contributed by atoms with van der Waals surface area (Å²) >= 11 is 0. The maximum atomic E-state index is 11.5. The van der Waals surface area contributed by atoms with Gasteiger partial charge < -0.3 is 20.5 Å². The van der Waals surface area contributed by atoms with Gasteiger partial charge in [-0.3, -0.25) is 4.79 Å². The summed E-state index contributed by atoms with van der Waals surface area (Å²) in [6.45, 7) is 8.23. The van der Waals surface area contributed by atoms with Crippen molar-refractivity contribution in [3.8, 4) is 0 Å². The second kappa shape index (κ2) is 7.24. The molecule has 0 aliphatic carbocycles. The number of hydrogen-bond donors (Lipinski definition) is 2. The third-order valence-corrected chi connectivity index (χ3v) is 2.05. The van der Waals surface area contributed by atoms with E-state index >= 15 is 0 Å². The highest BCUT2D eigenvalue weighted by molar-refractivity contribution is 6.01. The van der Waals surface area contributed by atoms with E-state index in [0.717, 1.165) is 0 Å². The molecule has 0 heterocycles. The molecule has 0 aromatic rings. The zero-order valence-corrected chi connectivity index (χ0v) is 10.9. The fourth-order valence-electron chi connectivity index (χ4n) is 1.19. The molecule has 1 unspecified atom stereocenters. The lowest BCUT2D eigenvalue weighted by molar-refractivity contribution is -0.148. The van der Waals surface area contributed by atoms with Gasteiger partial charge in [-0.25, -0.2) is 4.79 Å². The van der Waals surface area contributed by atoms with Gasteiger partial charge in [0.05, 0.1) is 12.2 Å². The number of carbonyl (C=O) groups excluding carboxylic acids is 2. The van der Waals surface area contributed by atoms with Crippen molar-refractivity contribution in [1.82, 2.24) is 5.32 Å². The number of rotatable bonds is 7. The van der Waals surface area contributed by atoms with Crippen molar-refractivity contribution >= 4 is 11.9 Å². The third kappa shape index (κ3) is 6.23. The van der Waals surface area contributed by atoms with Crippen LogP contribution in [0.25, 0.3) is 0 Å². The smallest absolute Gasteiger partial charge is 0.332 e. The van der Waals surface area contributed by atoms with E-state index in [-0.39, 0.29) is 13.2 Å². The average Bonchev–Trinajstić information content (AvgIpc) is 2.25. The fraction of sp³-hybridized carbons (Fsp3) is 0.818. The van der Waals surface area contributed by atoms with Gasteiger partial charge in [0.15, 0.2) is 6.04 Å². The summed E-state index contributed by atoms with van der Waals surface area (Å²) in [4.78, 5) is 22.7. The molecule has 0 saturated carbocycles. The Morgan fingerprint density at radius 3 is 2.35 bits per heavy atom. The minimum Gasteiger partial charge on any atom is -0.464 e. The van der Waals surface area contributed by atoms with E-state index in [9.17, 15) is 9.59 Å². The number of esters is 1. The van der Waals surface area contributed by atoms with Crippen LogP contribution in [-0.2, 0) is 19.1 Å². The molecule has 6 heteroatoms. The summed E-state index contributed by atoms with van der Waals surface area (Å²) in [5.41, 5.74) is 4.94. The number of amides is 1. The maximum absolute atomic E-state index is 11.5. The van der Waals surface area contributed by atoms with E-state index in [4.69, 9.17) is 10.5 Å². The predicted octanol–water partition coefficient (Wildman–Crippen LogP) is -0.192. The van der Waals surface area contributed by atoms with Crippen LogP contribution in [0.15, 0.2) is 0 Å². The van der Waals surface area contributed by atoms with Crippen molar-refractivity contribution in [2.24, 2.45) is 5.73 Å². The molecule has 1 amide bonds. The largest absolute Gasteiger partial charge is 0.464 e. The monoisotopic (exact) mass is 246 g/mol.